The van der Waals surface area contributed by atoms with Crippen LogP contribution in [0, 0.1) is 0 Å². The van der Waals surface area contributed by atoms with E-state index in [1.54, 1.807) is 0 Å². The maximum Gasteiger partial charge on any atom is -1.00 e. The van der Waals surface area contributed by atoms with Crippen molar-refractivity contribution in [1.82, 2.24) is 0 Å². The summed E-state index contributed by atoms with van der Waals surface area (Å²) in [5, 5.41) is 0. The second-order valence-corrected chi connectivity index (χ2v) is 1.54. The molecule has 0 amide bonds. The third kappa shape index (κ3) is 15.7. The molecule has 0 aliphatic carbocycles. The first-order valence-corrected chi connectivity index (χ1v) is 2.68. The van der Waals surface area contributed by atoms with E-state index in [0.717, 1.165) is 13.0 Å². The van der Waals surface area contributed by atoms with E-state index in [9.17, 15) is 0 Å². The van der Waals surface area contributed by atoms with Gasteiger partial charge in [0.2, 0.25) is 0 Å². The van der Waals surface area contributed by atoms with Crippen LogP contribution in [0.2, 0.25) is 0 Å². The molecule has 8 heavy (non-hydrogen) atoms. The molecule has 0 bridgehead atoms. The fraction of sp³-hybridized carbons (Fsp3) is 1.00. The van der Waals surface area contributed by atoms with Crippen molar-refractivity contribution in [1.29, 1.82) is 0 Å². The molecule has 0 unspecified atom stereocenters. The van der Waals surface area contributed by atoms with Gasteiger partial charge in [-0.2, -0.15) is 0 Å². The molecule has 0 aromatic heterocycles. The Morgan fingerprint density at radius 3 is 2.00 bits per heavy atom. The molecule has 0 aromatic rings. The average molecular weight is 196 g/mol. The molecule has 0 radical (unpaired) electrons. The molecule has 1 nitrogen and oxygen atoms in total. The molecule has 0 aromatic carbocycles. The summed E-state index contributed by atoms with van der Waals surface area (Å²) in [6, 6.07) is 0. The fourth-order valence-corrected chi connectivity index (χ4v) is 0.387. The van der Waals surface area contributed by atoms with Crippen molar-refractivity contribution in [3.05, 3.63) is 0 Å². The number of unbranched alkanes of at least 4 members (excludes halogenated alkanes) is 1. The third-order valence-corrected chi connectivity index (χ3v) is 0.841. The molecule has 0 saturated heterocycles. The molecule has 0 fully saturated rings. The van der Waals surface area contributed by atoms with Crippen LogP contribution in [-0.2, 0) is 20.4 Å². The molecule has 0 saturated carbocycles. The predicted octanol–water partition coefficient (Wildman–Crippen LogP) is -4.73. The molecule has 0 heterocycles. The van der Waals surface area contributed by atoms with Gasteiger partial charge in [0.25, 0.3) is 0 Å². The van der Waals surface area contributed by atoms with Gasteiger partial charge in [-0.1, -0.05) is 0 Å². The van der Waals surface area contributed by atoms with Gasteiger partial charge >= 0.3 is 46.8 Å². The first kappa shape index (κ1) is 16.0. The molecular weight excluding hydrogens is 187 g/mol. The summed E-state index contributed by atoms with van der Waals surface area (Å²) in [4.78, 5) is 0. The van der Waals surface area contributed by atoms with Crippen molar-refractivity contribution in [3.63, 3.8) is 0 Å². The summed E-state index contributed by atoms with van der Waals surface area (Å²) < 4.78 is 4.66. The van der Waals surface area contributed by atoms with Crippen LogP contribution in [0.25, 0.3) is 0 Å². The molecule has 51 valence electrons. The zero-order valence-electron chi connectivity index (χ0n) is 4.69. The largest absolute Gasteiger partial charge is 1.00 e. The Labute approximate surface area is 71.8 Å². The van der Waals surface area contributed by atoms with E-state index >= 15 is 0 Å². The summed E-state index contributed by atoms with van der Waals surface area (Å²) in [6.45, 7) is 3.00. The van der Waals surface area contributed by atoms with Crippen LogP contribution >= 0.6 is 0 Å². The summed E-state index contributed by atoms with van der Waals surface area (Å²) in [5.41, 5.74) is 0. The Morgan fingerprint density at radius 2 is 1.88 bits per heavy atom. The molecule has 4 heteroatoms. The minimum Gasteiger partial charge on any atom is -1.00 e. The van der Waals surface area contributed by atoms with Gasteiger partial charge < -0.3 is 24.8 Å². The first-order valence-electron chi connectivity index (χ1n) is 2.16. The summed E-state index contributed by atoms with van der Waals surface area (Å²) >= 11 is 2.48. The second-order valence-electron chi connectivity index (χ2n) is 1.18. The van der Waals surface area contributed by atoms with Crippen molar-refractivity contribution in [3.8, 4) is 0 Å². The van der Waals surface area contributed by atoms with Gasteiger partial charge in [0, 0.05) is 0 Å². The Balaban J connectivity index is -0.000000125. The maximum atomic E-state index is 4.66. The molecule has 0 aliphatic heterocycles. The van der Waals surface area contributed by atoms with Gasteiger partial charge in [-0.3, -0.25) is 0 Å². The van der Waals surface area contributed by atoms with Crippen LogP contribution in [0.5, 0.6) is 0 Å². The van der Waals surface area contributed by atoms with E-state index in [4.69, 9.17) is 0 Å². The van der Waals surface area contributed by atoms with Gasteiger partial charge in [0.15, 0.2) is 0 Å². The summed E-state index contributed by atoms with van der Waals surface area (Å²) in [6.07, 6.45) is 2.37. The van der Waals surface area contributed by atoms with Crippen LogP contribution in [0.1, 0.15) is 19.8 Å². The summed E-state index contributed by atoms with van der Waals surface area (Å²) in [7, 11) is 0. The topological polar surface area (TPSA) is 9.23 Å². The molecule has 0 N–H and O–H groups in total. The zero-order valence-corrected chi connectivity index (χ0v) is 7.48. The Hall–Kier alpha value is 1.07. The number of halogens is 2. The van der Waals surface area contributed by atoms with Gasteiger partial charge in [0.1, 0.15) is 0 Å². The van der Waals surface area contributed by atoms with Gasteiger partial charge in [0.05, 0.1) is 0 Å². The van der Waals surface area contributed by atoms with Gasteiger partial charge in [-0.05, 0) is 0 Å². The van der Waals surface area contributed by atoms with E-state index in [2.05, 4.69) is 27.3 Å². The molecule has 0 spiro atoms. The third-order valence-electron chi connectivity index (χ3n) is 0.581. The summed E-state index contributed by atoms with van der Waals surface area (Å²) in [5.74, 6) is 0. The number of rotatable bonds is 3. The Morgan fingerprint density at radius 1 is 1.38 bits per heavy atom. The van der Waals surface area contributed by atoms with Gasteiger partial charge in [-0.15, -0.1) is 0 Å². The Bertz CT molecular complexity index is 26.0. The standard InChI is InChI=1S/C4H9O.2ClH.Cr/c1-2-3-4-5;;;/h2-4H2,1H3;2*1H;/q-1;;;+3/p-2. The van der Waals surface area contributed by atoms with Crippen molar-refractivity contribution >= 4 is 0 Å². The number of hydrogen-bond acceptors (Lipinski definition) is 1. The molecular formula is C4H9Cl2CrO. The van der Waals surface area contributed by atoms with E-state index < -0.39 is 0 Å². The minimum absolute atomic E-state index is 0. The van der Waals surface area contributed by atoms with E-state index in [0.29, 0.717) is 0 Å². The first-order chi connectivity index (χ1) is 2.91. The van der Waals surface area contributed by atoms with Crippen LogP contribution in [0.3, 0.4) is 0 Å². The molecule has 0 atom stereocenters. The van der Waals surface area contributed by atoms with Crippen LogP contribution in [0.4, 0.5) is 0 Å². The smallest absolute Gasteiger partial charge is 1.00 e. The zero-order chi connectivity index (χ0) is 4.83. The minimum atomic E-state index is 0. The Kier molecular flexibility index (Phi) is 31.5. The average Bonchev–Trinajstić information content (AvgIpc) is 1.61. The maximum absolute atomic E-state index is 4.66. The van der Waals surface area contributed by atoms with E-state index in [1.165, 1.54) is 6.42 Å². The second kappa shape index (κ2) is 15.7. The fourth-order valence-electron chi connectivity index (χ4n) is 0.203. The van der Waals surface area contributed by atoms with Crippen LogP contribution < -0.4 is 24.8 Å². The van der Waals surface area contributed by atoms with Crippen molar-refractivity contribution < 1.29 is 45.2 Å². The van der Waals surface area contributed by atoms with E-state index in [1.807, 2.05) is 0 Å². The van der Waals surface area contributed by atoms with Gasteiger partial charge in [-0.25, -0.2) is 0 Å². The van der Waals surface area contributed by atoms with Crippen LogP contribution in [-0.4, -0.2) is 6.61 Å². The SMILES string of the molecule is CCCC[O][Cr+2].[Cl-].[Cl-]. The normalized spacial score (nSPS) is 6.50. The quantitative estimate of drug-likeness (QED) is 0.412. The molecule has 0 rings (SSSR count). The number of hydrogen-bond donors (Lipinski definition) is 0. The van der Waals surface area contributed by atoms with Crippen molar-refractivity contribution in [2.24, 2.45) is 0 Å². The van der Waals surface area contributed by atoms with Crippen molar-refractivity contribution in [2.75, 3.05) is 6.61 Å². The van der Waals surface area contributed by atoms with E-state index in [-0.39, 0.29) is 24.8 Å². The van der Waals surface area contributed by atoms with Crippen LogP contribution in [0.15, 0.2) is 0 Å². The monoisotopic (exact) mass is 195 g/mol. The van der Waals surface area contributed by atoms with Crippen molar-refractivity contribution in [2.45, 2.75) is 19.8 Å². The predicted molar refractivity (Wildman–Crippen MR) is 20.9 cm³/mol. The molecule has 0 aliphatic rings.